The first kappa shape index (κ1) is 15.1. The average molecular weight is 305 g/mol. The molecule has 0 spiro atoms. The lowest BCUT2D eigenvalue weighted by molar-refractivity contribution is -0.125. The molecule has 0 heterocycles. The van der Waals surface area contributed by atoms with Crippen LogP contribution in [0.3, 0.4) is 0 Å². The molecule has 1 aliphatic carbocycles. The van der Waals surface area contributed by atoms with Gasteiger partial charge < -0.3 is 16.3 Å². The second-order valence-electron chi connectivity index (χ2n) is 4.72. The molecule has 9 heteroatoms. The summed E-state index contributed by atoms with van der Waals surface area (Å²) in [6, 6.07) is 0.0307. The Hall–Kier alpha value is -2.32. The van der Waals surface area contributed by atoms with Gasteiger partial charge in [0.05, 0.1) is 0 Å². The van der Waals surface area contributed by atoms with Crippen molar-refractivity contribution in [2.24, 2.45) is 16.3 Å². The molecule has 2 rings (SSSR count). The lowest BCUT2D eigenvalue weighted by Crippen LogP contribution is -2.51. The molecule has 0 atom stereocenters. The molecule has 1 aromatic carbocycles. The number of rotatable bonds is 3. The van der Waals surface area contributed by atoms with Gasteiger partial charge >= 0.3 is 0 Å². The lowest BCUT2D eigenvalue weighted by atomic mass is 9.67. The molecule has 1 amide bonds. The second-order valence-corrected chi connectivity index (χ2v) is 4.72. The van der Waals surface area contributed by atoms with Crippen LogP contribution in [0.2, 0.25) is 0 Å². The first-order valence-electron chi connectivity index (χ1n) is 5.96. The van der Waals surface area contributed by atoms with E-state index in [1.54, 1.807) is 5.32 Å². The van der Waals surface area contributed by atoms with Gasteiger partial charge in [-0.25, -0.2) is 17.6 Å². The topological polar surface area (TPSA) is 87.7 Å². The number of oxime groups is 1. The van der Waals surface area contributed by atoms with Crippen LogP contribution in [0.15, 0.2) is 11.2 Å². The van der Waals surface area contributed by atoms with Crippen LogP contribution >= 0.6 is 0 Å². The maximum Gasteiger partial charge on any atom is 0.238 e. The lowest BCUT2D eigenvalue weighted by Gasteiger charge is -2.38. The Morgan fingerprint density at radius 2 is 1.76 bits per heavy atom. The molecule has 21 heavy (non-hydrogen) atoms. The quantitative estimate of drug-likeness (QED) is 0.199. The highest BCUT2D eigenvalue weighted by molar-refractivity contribution is 6.12. The van der Waals surface area contributed by atoms with E-state index in [9.17, 15) is 22.4 Å². The summed E-state index contributed by atoms with van der Waals surface area (Å²) < 4.78 is 53.1. The van der Waals surface area contributed by atoms with Gasteiger partial charge in [0.2, 0.25) is 5.91 Å². The van der Waals surface area contributed by atoms with Gasteiger partial charge in [-0.1, -0.05) is 11.6 Å². The Labute approximate surface area is 116 Å². The zero-order valence-corrected chi connectivity index (χ0v) is 10.6. The zero-order chi connectivity index (χ0) is 15.8. The van der Waals surface area contributed by atoms with Gasteiger partial charge in [-0.2, -0.15) is 0 Å². The number of hydrogen-bond acceptors (Lipinski definition) is 3. The van der Waals surface area contributed by atoms with Crippen molar-refractivity contribution in [2.45, 2.75) is 19.3 Å². The highest BCUT2D eigenvalue weighted by atomic mass is 19.2. The molecule has 5 nitrogen and oxygen atoms in total. The standard InChI is InChI=1S/C12H11F4N3O2/c13-5-4-6(14)8(16)9(7(5)15)18-11(20)12(2-1-3-12)10(17)19-21/h4,21H,1-3H2,(H2,17,19)(H,18,20). The van der Waals surface area contributed by atoms with Crippen LogP contribution in [-0.2, 0) is 4.79 Å². The number of halogens is 4. The van der Waals surface area contributed by atoms with Crippen molar-refractivity contribution in [3.63, 3.8) is 0 Å². The minimum atomic E-state index is -1.73. The Balaban J connectivity index is 2.37. The number of carbonyl (C=O) groups is 1. The molecule has 0 aliphatic heterocycles. The SMILES string of the molecule is N/C(=N/O)C1(C(=O)Nc2c(F)c(F)cc(F)c2F)CCC1. The monoisotopic (exact) mass is 305 g/mol. The molecule has 0 saturated heterocycles. The fourth-order valence-corrected chi connectivity index (χ4v) is 2.14. The largest absolute Gasteiger partial charge is 0.409 e. The molecular weight excluding hydrogens is 294 g/mol. The van der Waals surface area contributed by atoms with E-state index >= 15 is 0 Å². The molecule has 1 saturated carbocycles. The number of amides is 1. The van der Waals surface area contributed by atoms with E-state index in [2.05, 4.69) is 5.16 Å². The third-order valence-electron chi connectivity index (χ3n) is 3.59. The van der Waals surface area contributed by atoms with Crippen LogP contribution in [-0.4, -0.2) is 17.0 Å². The van der Waals surface area contributed by atoms with E-state index in [-0.39, 0.29) is 18.9 Å². The van der Waals surface area contributed by atoms with Gasteiger partial charge in [-0.05, 0) is 12.8 Å². The summed E-state index contributed by atoms with van der Waals surface area (Å²) in [5.74, 6) is -8.16. The predicted molar refractivity (Wildman–Crippen MR) is 64.6 cm³/mol. The fraction of sp³-hybridized carbons (Fsp3) is 0.333. The number of carbonyl (C=O) groups excluding carboxylic acids is 1. The number of nitrogens with two attached hydrogens (primary N) is 1. The zero-order valence-electron chi connectivity index (χ0n) is 10.6. The Morgan fingerprint density at radius 3 is 2.14 bits per heavy atom. The molecule has 1 aliphatic rings. The molecule has 114 valence electrons. The van der Waals surface area contributed by atoms with Crippen LogP contribution in [0.25, 0.3) is 0 Å². The summed E-state index contributed by atoms with van der Waals surface area (Å²) in [7, 11) is 0. The minimum Gasteiger partial charge on any atom is -0.409 e. The fourth-order valence-electron chi connectivity index (χ4n) is 2.14. The smallest absolute Gasteiger partial charge is 0.238 e. The molecular formula is C12H11F4N3O2. The third kappa shape index (κ3) is 2.28. The second kappa shape index (κ2) is 5.23. The van der Waals surface area contributed by atoms with Crippen LogP contribution in [0, 0.1) is 28.7 Å². The van der Waals surface area contributed by atoms with Crippen molar-refractivity contribution < 1.29 is 27.6 Å². The van der Waals surface area contributed by atoms with Crippen molar-refractivity contribution in [3.8, 4) is 0 Å². The summed E-state index contributed by atoms with van der Waals surface area (Å²) >= 11 is 0. The Kier molecular flexibility index (Phi) is 3.75. The summed E-state index contributed by atoms with van der Waals surface area (Å²) in [6.45, 7) is 0. The average Bonchev–Trinajstić information content (AvgIpc) is 2.39. The van der Waals surface area contributed by atoms with Crippen LogP contribution in [0.5, 0.6) is 0 Å². The van der Waals surface area contributed by atoms with Crippen LogP contribution in [0.1, 0.15) is 19.3 Å². The molecule has 4 N–H and O–H groups in total. The van der Waals surface area contributed by atoms with E-state index < -0.39 is 46.1 Å². The highest BCUT2D eigenvalue weighted by Crippen LogP contribution is 2.42. The van der Waals surface area contributed by atoms with Crippen molar-refractivity contribution in [3.05, 3.63) is 29.3 Å². The Morgan fingerprint density at radius 1 is 1.24 bits per heavy atom. The van der Waals surface area contributed by atoms with Crippen LogP contribution in [0.4, 0.5) is 23.2 Å². The number of nitrogens with one attached hydrogen (secondary N) is 1. The third-order valence-corrected chi connectivity index (χ3v) is 3.59. The van der Waals surface area contributed by atoms with Gasteiger partial charge in [0.25, 0.3) is 0 Å². The molecule has 1 fully saturated rings. The van der Waals surface area contributed by atoms with E-state index in [0.717, 1.165) is 0 Å². The van der Waals surface area contributed by atoms with Gasteiger partial charge in [0.1, 0.15) is 11.1 Å². The molecule has 0 unspecified atom stereocenters. The van der Waals surface area contributed by atoms with E-state index in [4.69, 9.17) is 10.9 Å². The number of anilines is 1. The van der Waals surface area contributed by atoms with Crippen LogP contribution < -0.4 is 11.1 Å². The summed E-state index contributed by atoms with van der Waals surface area (Å²) in [5, 5.41) is 13.2. The molecule has 0 radical (unpaired) electrons. The van der Waals surface area contributed by atoms with Gasteiger partial charge in [-0.15, -0.1) is 0 Å². The number of amidine groups is 1. The maximum absolute atomic E-state index is 13.5. The molecule has 0 aromatic heterocycles. The number of benzene rings is 1. The highest BCUT2D eigenvalue weighted by Gasteiger charge is 2.49. The normalized spacial score (nSPS) is 17.2. The predicted octanol–water partition coefficient (Wildman–Crippen LogP) is 2.10. The summed E-state index contributed by atoms with van der Waals surface area (Å²) in [6.07, 6.45) is 0.956. The first-order valence-corrected chi connectivity index (χ1v) is 5.96. The van der Waals surface area contributed by atoms with Gasteiger partial charge in [-0.3, -0.25) is 4.79 Å². The van der Waals surface area contributed by atoms with Crippen molar-refractivity contribution in [1.82, 2.24) is 0 Å². The first-order chi connectivity index (χ1) is 9.83. The van der Waals surface area contributed by atoms with Gasteiger partial charge in [0, 0.05) is 6.07 Å². The van der Waals surface area contributed by atoms with E-state index in [1.807, 2.05) is 0 Å². The van der Waals surface area contributed by atoms with E-state index in [1.165, 1.54) is 0 Å². The summed E-state index contributed by atoms with van der Waals surface area (Å²) in [4.78, 5) is 12.1. The maximum atomic E-state index is 13.5. The van der Waals surface area contributed by atoms with Crippen molar-refractivity contribution in [2.75, 3.05) is 5.32 Å². The van der Waals surface area contributed by atoms with Crippen molar-refractivity contribution in [1.29, 1.82) is 0 Å². The van der Waals surface area contributed by atoms with E-state index in [0.29, 0.717) is 6.42 Å². The summed E-state index contributed by atoms with van der Waals surface area (Å²) in [5.41, 5.74) is 2.73. The van der Waals surface area contributed by atoms with Gasteiger partial charge in [0.15, 0.2) is 29.1 Å². The Bertz CT molecular complexity index is 603. The van der Waals surface area contributed by atoms with Crippen molar-refractivity contribution >= 4 is 17.4 Å². The molecule has 1 aromatic rings. The molecule has 0 bridgehead atoms. The minimum absolute atomic E-state index is 0.0307. The number of nitrogens with zero attached hydrogens (tertiary/aromatic N) is 1. The number of hydrogen-bond donors (Lipinski definition) is 3.